The predicted octanol–water partition coefficient (Wildman–Crippen LogP) is 3.47. The van der Waals surface area contributed by atoms with E-state index in [2.05, 4.69) is 18.5 Å². The van der Waals surface area contributed by atoms with Crippen LogP contribution in [0.15, 0.2) is 37.7 Å². The van der Waals surface area contributed by atoms with Gasteiger partial charge in [-0.05, 0) is 12.3 Å². The van der Waals surface area contributed by atoms with E-state index in [9.17, 15) is 0 Å². The molecule has 0 aliphatic carbocycles. The highest BCUT2D eigenvalue weighted by Gasteiger charge is 1.54. The fourth-order valence-electron chi connectivity index (χ4n) is 0.192. The van der Waals surface area contributed by atoms with Crippen molar-refractivity contribution in [2.45, 2.75) is 27.7 Å². The summed E-state index contributed by atoms with van der Waals surface area (Å²) in [6.45, 7) is 14.9. The lowest BCUT2D eigenvalue weighted by atomic mass is 10.6. The fourth-order valence-corrected chi connectivity index (χ4v) is 0.192. The Kier molecular flexibility index (Phi) is 54.0. The van der Waals surface area contributed by atoms with E-state index in [1.165, 1.54) is 0 Å². The van der Waals surface area contributed by atoms with Crippen LogP contribution in [0.25, 0.3) is 0 Å². The maximum atomic E-state index is 3.47. The fraction of sp³-hybridized carbons (Fsp3) is 0.400. The van der Waals surface area contributed by atoms with Gasteiger partial charge in [0.1, 0.15) is 0 Å². The molecule has 0 saturated carbocycles. The summed E-state index contributed by atoms with van der Waals surface area (Å²) < 4.78 is 0. The van der Waals surface area contributed by atoms with Crippen molar-refractivity contribution in [3.05, 3.63) is 37.7 Å². The molecule has 0 bridgehead atoms. The van der Waals surface area contributed by atoms with Crippen molar-refractivity contribution in [2.24, 2.45) is 0 Å². The van der Waals surface area contributed by atoms with Crippen molar-refractivity contribution in [3.8, 4) is 0 Å². The molecule has 1 N–H and O–H groups in total. The molecule has 0 saturated heterocycles. The van der Waals surface area contributed by atoms with Gasteiger partial charge in [0.05, 0.1) is 0 Å². The molecule has 0 aromatic rings. The van der Waals surface area contributed by atoms with Gasteiger partial charge in [-0.15, -0.1) is 0 Å². The summed E-state index contributed by atoms with van der Waals surface area (Å²) in [7, 11) is 0. The largest absolute Gasteiger partial charge is 0.368 e. The van der Waals surface area contributed by atoms with Crippen molar-refractivity contribution >= 4 is 0 Å². The number of nitrogens with one attached hydrogen (secondary N) is 1. The van der Waals surface area contributed by atoms with E-state index in [-0.39, 0.29) is 0 Å². The molecule has 0 atom stereocenters. The van der Waals surface area contributed by atoms with E-state index in [1.807, 2.05) is 27.7 Å². The highest BCUT2D eigenvalue weighted by atomic mass is 14.8. The lowest BCUT2D eigenvalue weighted by molar-refractivity contribution is 1.20. The topological polar surface area (TPSA) is 12.0 Å². The summed E-state index contributed by atoms with van der Waals surface area (Å²) in [5.41, 5.74) is 0. The van der Waals surface area contributed by atoms with Crippen LogP contribution in [0.4, 0.5) is 0 Å². The van der Waals surface area contributed by atoms with E-state index in [4.69, 9.17) is 0 Å². The van der Waals surface area contributed by atoms with E-state index in [0.29, 0.717) is 0 Å². The van der Waals surface area contributed by atoms with Crippen molar-refractivity contribution in [2.75, 3.05) is 0 Å². The normalized spacial score (nSPS) is 6.55. The summed E-state index contributed by atoms with van der Waals surface area (Å²) in [5.74, 6) is 0. The number of allylic oxidation sites excluding steroid dienone is 2. The van der Waals surface area contributed by atoms with E-state index >= 15 is 0 Å². The Labute approximate surface area is 71.5 Å². The summed E-state index contributed by atoms with van der Waals surface area (Å²) in [6, 6.07) is 0. The van der Waals surface area contributed by atoms with Crippen LogP contribution in [0.1, 0.15) is 27.7 Å². The molecule has 0 aromatic carbocycles. The monoisotopic (exact) mass is 155 g/mol. The van der Waals surface area contributed by atoms with E-state index in [1.54, 1.807) is 24.6 Å². The quantitative estimate of drug-likeness (QED) is 0.615. The minimum absolute atomic E-state index is 1.60. The molecule has 0 amide bonds. The van der Waals surface area contributed by atoms with Crippen LogP contribution in [0.3, 0.4) is 0 Å². The zero-order valence-corrected chi connectivity index (χ0v) is 8.22. The van der Waals surface area contributed by atoms with Crippen LogP contribution in [0, 0.1) is 0 Å². The van der Waals surface area contributed by atoms with Gasteiger partial charge < -0.3 is 5.32 Å². The third kappa shape index (κ3) is 48.7. The minimum Gasteiger partial charge on any atom is -0.368 e. The van der Waals surface area contributed by atoms with Gasteiger partial charge in [0.25, 0.3) is 0 Å². The molecular weight excluding hydrogens is 134 g/mol. The Hall–Kier alpha value is -0.980. The lowest BCUT2D eigenvalue weighted by Crippen LogP contribution is -1.87. The Morgan fingerprint density at radius 1 is 1.00 bits per heavy atom. The van der Waals surface area contributed by atoms with Gasteiger partial charge in [0.2, 0.25) is 0 Å². The van der Waals surface area contributed by atoms with Crippen LogP contribution in [0.2, 0.25) is 0 Å². The number of rotatable bonds is 3. The van der Waals surface area contributed by atoms with Crippen molar-refractivity contribution in [1.29, 1.82) is 0 Å². The van der Waals surface area contributed by atoms with Crippen LogP contribution < -0.4 is 5.32 Å². The Morgan fingerprint density at radius 2 is 1.45 bits per heavy atom. The standard InChI is InChI=1S/C6H9N.2C2H6/c1-3-5-6-7-4-2;2*1-2/h3-7H,1-2H2;2*1-2H3/b6-5-;;. The van der Waals surface area contributed by atoms with Gasteiger partial charge in [-0.25, -0.2) is 0 Å². The summed E-state index contributed by atoms with van der Waals surface area (Å²) in [4.78, 5) is 0. The molecule has 11 heavy (non-hydrogen) atoms. The molecule has 0 aliphatic rings. The average molecular weight is 155 g/mol. The van der Waals surface area contributed by atoms with E-state index < -0.39 is 0 Å². The molecule has 66 valence electrons. The first-order valence-electron chi connectivity index (χ1n) is 4.06. The molecular formula is C10H21N. The highest BCUT2D eigenvalue weighted by Crippen LogP contribution is 1.64. The van der Waals surface area contributed by atoms with E-state index in [0.717, 1.165) is 0 Å². The molecule has 0 radical (unpaired) electrons. The lowest BCUT2D eigenvalue weighted by Gasteiger charge is -1.79. The first kappa shape index (κ1) is 16.5. The summed E-state index contributed by atoms with van der Waals surface area (Å²) in [5, 5.41) is 2.76. The Bertz CT molecular complexity index is 82.9. The summed E-state index contributed by atoms with van der Waals surface area (Å²) in [6.07, 6.45) is 6.83. The third-order valence-corrected chi connectivity index (χ3v) is 0.446. The van der Waals surface area contributed by atoms with Crippen molar-refractivity contribution in [3.63, 3.8) is 0 Å². The highest BCUT2D eigenvalue weighted by molar-refractivity contribution is 4.97. The molecule has 0 aliphatic heterocycles. The molecule has 0 spiro atoms. The molecule has 1 heteroatoms. The number of hydrogen-bond donors (Lipinski definition) is 1. The second-order valence-electron chi connectivity index (χ2n) is 0.966. The van der Waals surface area contributed by atoms with Gasteiger partial charge in [-0.3, -0.25) is 0 Å². The van der Waals surface area contributed by atoms with Gasteiger partial charge in [-0.2, -0.15) is 0 Å². The maximum absolute atomic E-state index is 3.47. The Morgan fingerprint density at radius 3 is 1.73 bits per heavy atom. The minimum atomic E-state index is 1.60. The van der Waals surface area contributed by atoms with Crippen molar-refractivity contribution in [1.82, 2.24) is 5.32 Å². The second-order valence-corrected chi connectivity index (χ2v) is 0.966. The molecule has 0 unspecified atom stereocenters. The summed E-state index contributed by atoms with van der Waals surface area (Å²) >= 11 is 0. The zero-order valence-electron chi connectivity index (χ0n) is 8.22. The molecule has 1 nitrogen and oxygen atoms in total. The first-order valence-corrected chi connectivity index (χ1v) is 4.06. The Balaban J connectivity index is -0.000000138. The number of hydrogen-bond acceptors (Lipinski definition) is 1. The van der Waals surface area contributed by atoms with Gasteiger partial charge in [0.15, 0.2) is 0 Å². The van der Waals surface area contributed by atoms with Crippen molar-refractivity contribution < 1.29 is 0 Å². The van der Waals surface area contributed by atoms with Gasteiger partial charge in [0, 0.05) is 6.20 Å². The van der Waals surface area contributed by atoms with Gasteiger partial charge in [-0.1, -0.05) is 46.9 Å². The maximum Gasteiger partial charge on any atom is 0.000397 e. The smallest absolute Gasteiger partial charge is 0.000397 e. The zero-order chi connectivity index (χ0) is 9.54. The van der Waals surface area contributed by atoms with Crippen LogP contribution in [-0.4, -0.2) is 0 Å². The second kappa shape index (κ2) is 35.9. The molecule has 0 rings (SSSR count). The van der Waals surface area contributed by atoms with Gasteiger partial charge >= 0.3 is 0 Å². The van der Waals surface area contributed by atoms with Crippen LogP contribution in [0.5, 0.6) is 0 Å². The average Bonchev–Trinajstić information content (AvgIpc) is 2.13. The van der Waals surface area contributed by atoms with Crippen LogP contribution in [-0.2, 0) is 0 Å². The van der Waals surface area contributed by atoms with Crippen LogP contribution >= 0.6 is 0 Å². The first-order chi connectivity index (χ1) is 5.41. The molecule has 0 fully saturated rings. The third-order valence-electron chi connectivity index (χ3n) is 0.446. The molecule has 0 aromatic heterocycles. The molecule has 0 heterocycles. The predicted molar refractivity (Wildman–Crippen MR) is 55.4 cm³/mol. The SMILES string of the molecule is C=C/C=C\NC=C.CC.CC.